The number of hydrogen-bond donors (Lipinski definition) is 1. The predicted molar refractivity (Wildman–Crippen MR) is 119 cm³/mol. The van der Waals surface area contributed by atoms with E-state index in [0.29, 0.717) is 26.4 Å². The maximum Gasteiger partial charge on any atom is 0.433 e. The van der Waals surface area contributed by atoms with Gasteiger partial charge < -0.3 is 24.3 Å². The third-order valence-corrected chi connectivity index (χ3v) is 5.38. The molecule has 0 spiro atoms. The average molecular weight is 478 g/mol. The minimum absolute atomic E-state index is 0.118. The second kappa shape index (κ2) is 14.7. The topological polar surface area (TPSA) is 74.7 Å². The molecular weight excluding hydrogens is 439 g/mol. The highest BCUT2D eigenvalue weighted by Crippen LogP contribution is 2.29. The summed E-state index contributed by atoms with van der Waals surface area (Å²) in [6.07, 6.45) is 1.03. The molecule has 190 valence electrons. The Morgan fingerprint density at radius 1 is 1.00 bits per heavy atom. The van der Waals surface area contributed by atoms with Crippen LogP contribution in [0.3, 0.4) is 0 Å². The molecular formula is C23H38F3N3O4. The van der Waals surface area contributed by atoms with Crippen molar-refractivity contribution in [3.63, 3.8) is 0 Å². The standard InChI is InChI=1S/C23H38F3N3O4/c1-4-7-12-30-16-18-21(32-14-9-6-3)20(31-13-8-5-2)17(15-33-18)28-22-27-11-10-19(29-22)23(24,25)26/h10-11,17-18,20-21H,4-9,12-16H2,1-3H3,(H,27,28,29)/t17-,18-,20-,21+/m1/s1. The van der Waals surface area contributed by atoms with Gasteiger partial charge in [-0.1, -0.05) is 40.0 Å². The van der Waals surface area contributed by atoms with Gasteiger partial charge in [0.1, 0.15) is 24.0 Å². The summed E-state index contributed by atoms with van der Waals surface area (Å²) >= 11 is 0. The quantitative estimate of drug-likeness (QED) is 0.362. The van der Waals surface area contributed by atoms with Crippen molar-refractivity contribution in [1.82, 2.24) is 9.97 Å². The second-order valence-corrected chi connectivity index (χ2v) is 8.19. The van der Waals surface area contributed by atoms with Crippen LogP contribution in [0.2, 0.25) is 0 Å². The van der Waals surface area contributed by atoms with Crippen LogP contribution >= 0.6 is 0 Å². The molecule has 0 bridgehead atoms. The molecule has 0 unspecified atom stereocenters. The van der Waals surface area contributed by atoms with Gasteiger partial charge in [0.05, 0.1) is 19.3 Å². The number of aromatic nitrogens is 2. The van der Waals surface area contributed by atoms with Gasteiger partial charge in [-0.25, -0.2) is 9.97 Å². The first-order chi connectivity index (χ1) is 15.9. The Hall–Kier alpha value is -1.49. The van der Waals surface area contributed by atoms with E-state index in [4.69, 9.17) is 18.9 Å². The number of rotatable bonds is 15. The van der Waals surface area contributed by atoms with Gasteiger partial charge in [-0.15, -0.1) is 0 Å². The number of halogens is 3. The van der Waals surface area contributed by atoms with Crippen molar-refractivity contribution in [1.29, 1.82) is 0 Å². The van der Waals surface area contributed by atoms with Crippen LogP contribution in [0.5, 0.6) is 0 Å². The van der Waals surface area contributed by atoms with Crippen LogP contribution in [0.15, 0.2) is 12.3 Å². The van der Waals surface area contributed by atoms with Crippen LogP contribution in [0.1, 0.15) is 65.0 Å². The zero-order chi connectivity index (χ0) is 24.1. The zero-order valence-electron chi connectivity index (χ0n) is 19.9. The van der Waals surface area contributed by atoms with Crippen molar-refractivity contribution in [2.45, 2.75) is 89.8 Å². The number of hydrogen-bond acceptors (Lipinski definition) is 7. The van der Waals surface area contributed by atoms with Crippen molar-refractivity contribution in [3.05, 3.63) is 18.0 Å². The summed E-state index contributed by atoms with van der Waals surface area (Å²) in [6.45, 7) is 8.52. The van der Waals surface area contributed by atoms with Gasteiger partial charge in [-0.05, 0) is 25.3 Å². The van der Waals surface area contributed by atoms with Gasteiger partial charge in [0.25, 0.3) is 0 Å². The van der Waals surface area contributed by atoms with E-state index in [1.165, 1.54) is 0 Å². The third-order valence-electron chi connectivity index (χ3n) is 5.38. The zero-order valence-corrected chi connectivity index (χ0v) is 19.9. The van der Waals surface area contributed by atoms with E-state index in [-0.39, 0.29) is 18.7 Å². The molecule has 4 atom stereocenters. The first-order valence-electron chi connectivity index (χ1n) is 12.0. The first-order valence-corrected chi connectivity index (χ1v) is 12.0. The smallest absolute Gasteiger partial charge is 0.379 e. The Balaban J connectivity index is 2.18. The normalized spacial score (nSPS) is 23.6. The molecule has 2 heterocycles. The summed E-state index contributed by atoms with van der Waals surface area (Å²) in [5, 5.41) is 2.99. The molecule has 1 aliphatic heterocycles. The minimum Gasteiger partial charge on any atom is -0.379 e. The summed E-state index contributed by atoms with van der Waals surface area (Å²) < 4.78 is 63.5. The fraction of sp³-hybridized carbons (Fsp3) is 0.826. The lowest BCUT2D eigenvalue weighted by atomic mass is 9.97. The van der Waals surface area contributed by atoms with Crippen LogP contribution < -0.4 is 5.32 Å². The van der Waals surface area contributed by atoms with Crippen molar-refractivity contribution in [2.75, 3.05) is 38.4 Å². The Bertz CT molecular complexity index is 666. The van der Waals surface area contributed by atoms with Crippen molar-refractivity contribution < 1.29 is 32.1 Å². The maximum atomic E-state index is 13.1. The lowest BCUT2D eigenvalue weighted by molar-refractivity contribution is -0.194. The van der Waals surface area contributed by atoms with Crippen LogP contribution in [0.4, 0.5) is 19.1 Å². The first kappa shape index (κ1) is 27.8. The number of alkyl halides is 3. The van der Waals surface area contributed by atoms with Gasteiger partial charge in [-0.2, -0.15) is 13.2 Å². The molecule has 1 aromatic heterocycles. The summed E-state index contributed by atoms with van der Waals surface area (Å²) in [5.41, 5.74) is -1.00. The molecule has 33 heavy (non-hydrogen) atoms. The number of unbranched alkanes of at least 4 members (excludes halogenated alkanes) is 3. The molecule has 1 fully saturated rings. The predicted octanol–water partition coefficient (Wildman–Crippen LogP) is 4.86. The molecule has 10 heteroatoms. The van der Waals surface area contributed by atoms with Crippen molar-refractivity contribution >= 4 is 5.95 Å². The average Bonchev–Trinajstić information content (AvgIpc) is 2.79. The van der Waals surface area contributed by atoms with Gasteiger partial charge in [0, 0.05) is 26.0 Å². The van der Waals surface area contributed by atoms with Gasteiger partial charge in [0.2, 0.25) is 5.95 Å². The molecule has 0 radical (unpaired) electrons. The van der Waals surface area contributed by atoms with E-state index in [1.807, 2.05) is 0 Å². The number of nitrogens with zero attached hydrogens (tertiary/aromatic N) is 2. The van der Waals surface area contributed by atoms with Crippen LogP contribution in [0.25, 0.3) is 0 Å². The molecule has 2 rings (SSSR count). The number of nitrogens with one attached hydrogen (secondary N) is 1. The highest BCUT2D eigenvalue weighted by Gasteiger charge is 2.43. The van der Waals surface area contributed by atoms with Crippen molar-refractivity contribution in [3.8, 4) is 0 Å². The molecule has 7 nitrogen and oxygen atoms in total. The van der Waals surface area contributed by atoms with Gasteiger partial charge in [0.15, 0.2) is 0 Å². The SMILES string of the molecule is CCCCOC[C@H]1OC[C@@H](Nc2nccc(C(F)(F)F)n2)[C@@H](OCCCC)[C@H]1OCCCC. The summed E-state index contributed by atoms with van der Waals surface area (Å²) in [5.74, 6) is -0.118. The van der Waals surface area contributed by atoms with E-state index >= 15 is 0 Å². The molecule has 1 aromatic rings. The molecule has 0 amide bonds. The molecule has 0 aliphatic carbocycles. The third kappa shape index (κ3) is 9.35. The second-order valence-electron chi connectivity index (χ2n) is 8.19. The molecule has 0 aromatic carbocycles. The minimum atomic E-state index is -4.55. The number of ether oxygens (including phenoxy) is 4. The summed E-state index contributed by atoms with van der Waals surface area (Å²) in [7, 11) is 0. The number of anilines is 1. The Morgan fingerprint density at radius 2 is 1.64 bits per heavy atom. The van der Waals surface area contributed by atoms with Crippen molar-refractivity contribution in [2.24, 2.45) is 0 Å². The lowest BCUT2D eigenvalue weighted by Gasteiger charge is -2.42. The van der Waals surface area contributed by atoms with E-state index in [1.54, 1.807) is 0 Å². The van der Waals surface area contributed by atoms with E-state index in [0.717, 1.165) is 50.8 Å². The van der Waals surface area contributed by atoms with E-state index in [2.05, 4.69) is 36.1 Å². The fourth-order valence-corrected chi connectivity index (χ4v) is 3.46. The lowest BCUT2D eigenvalue weighted by Crippen LogP contribution is -2.59. The molecule has 1 saturated heterocycles. The summed E-state index contributed by atoms with van der Waals surface area (Å²) in [6, 6.07) is 0.377. The van der Waals surface area contributed by atoms with Gasteiger partial charge in [-0.3, -0.25) is 0 Å². The Morgan fingerprint density at radius 3 is 2.27 bits per heavy atom. The van der Waals surface area contributed by atoms with Crippen LogP contribution in [0, 0.1) is 0 Å². The van der Waals surface area contributed by atoms with Gasteiger partial charge >= 0.3 is 6.18 Å². The molecule has 1 N–H and O–H groups in total. The van der Waals surface area contributed by atoms with E-state index < -0.39 is 30.1 Å². The van der Waals surface area contributed by atoms with Crippen LogP contribution in [-0.2, 0) is 25.1 Å². The highest BCUT2D eigenvalue weighted by molar-refractivity contribution is 5.29. The Kier molecular flexibility index (Phi) is 12.4. The summed E-state index contributed by atoms with van der Waals surface area (Å²) in [4.78, 5) is 7.60. The Labute approximate surface area is 194 Å². The molecule has 1 aliphatic rings. The van der Waals surface area contributed by atoms with Crippen LogP contribution in [-0.4, -0.2) is 67.4 Å². The fourth-order valence-electron chi connectivity index (χ4n) is 3.46. The highest BCUT2D eigenvalue weighted by atomic mass is 19.4. The van der Waals surface area contributed by atoms with E-state index in [9.17, 15) is 13.2 Å². The maximum absolute atomic E-state index is 13.1. The molecule has 0 saturated carbocycles. The largest absolute Gasteiger partial charge is 0.433 e. The monoisotopic (exact) mass is 477 g/mol.